The molecule has 64 heavy (non-hydrogen) atoms. The van der Waals surface area contributed by atoms with Gasteiger partial charge in [0.1, 0.15) is 23.1 Å². The van der Waals surface area contributed by atoms with Gasteiger partial charge in [0.2, 0.25) is 0 Å². The zero-order valence-electron chi connectivity index (χ0n) is 41.0. The maximum Gasteiger partial charge on any atom is 0.286 e. The summed E-state index contributed by atoms with van der Waals surface area (Å²) in [5, 5.41) is 0.585. The predicted molar refractivity (Wildman–Crippen MR) is 292 cm³/mol. The van der Waals surface area contributed by atoms with Crippen LogP contribution < -0.4 is 9.05 Å². The molecule has 2 rings (SSSR count). The Morgan fingerprint density at radius 2 is 1.05 bits per heavy atom. The van der Waals surface area contributed by atoms with Gasteiger partial charge in [-0.25, -0.2) is 0 Å². The summed E-state index contributed by atoms with van der Waals surface area (Å²) in [6.07, 6.45) is 10.4. The van der Waals surface area contributed by atoms with Crippen LogP contribution in [0.25, 0.3) is 0 Å². The first-order valence-corrected chi connectivity index (χ1v) is 34.6. The number of hydrogen-bond acceptors (Lipinski definition) is 7. The molecule has 2 aromatic rings. The third-order valence-electron chi connectivity index (χ3n) is 11.4. The van der Waals surface area contributed by atoms with Gasteiger partial charge in [-0.15, -0.1) is 36.4 Å². The van der Waals surface area contributed by atoms with Gasteiger partial charge in [0.15, 0.2) is 16.6 Å². The van der Waals surface area contributed by atoms with Gasteiger partial charge in [-0.05, 0) is 99.5 Å². The molecular weight excluding hydrogens is 981 g/mol. The van der Waals surface area contributed by atoms with E-state index in [4.69, 9.17) is 41.1 Å². The summed E-state index contributed by atoms with van der Waals surface area (Å²) in [4.78, 5) is 24.4. The summed E-state index contributed by atoms with van der Waals surface area (Å²) >= 11 is 14.8. The molecule has 14 heteroatoms. The number of rotatable bonds is 27. The van der Waals surface area contributed by atoms with Crippen LogP contribution in [0.15, 0.2) is 86.0 Å². The molecule has 2 aromatic carbocycles. The highest BCUT2D eigenvalue weighted by Gasteiger charge is 2.42. The van der Waals surface area contributed by atoms with Crippen LogP contribution in [0.5, 0.6) is 11.5 Å². The number of carbonyl (C=O) groups is 2. The van der Waals surface area contributed by atoms with Crippen LogP contribution in [-0.4, -0.2) is 83.7 Å². The van der Waals surface area contributed by atoms with Crippen molar-refractivity contribution in [3.05, 3.63) is 86.0 Å². The fraction of sp³-hybridized carbons (Fsp3) is 0.640. The van der Waals surface area contributed by atoms with Crippen molar-refractivity contribution in [1.82, 2.24) is 0 Å². The standard InChI is InChI=1S/C19H38ClO3PSi.C17H32BrClO2Si.C13H13O2P.CH4/c1-9-16(12-10-11-13-20)18(14-17(21)15-24(5,6)22)23-25(7,8)19(2,3)4;1-7-14(10-8-9-11-19)16(12-15(20)13-18)21-22(5,6)17(2,3)4;1-16(14-12-8-4-2-5-9-12)15-13-10-6-3-7-11-13;/h9,16,18H,1,10-15H2,2-8H3;7,14,16H,1,8-13H2,2-6H3;2-11H,1H3;1H4/t16-,18-;14-,16-;;/m00../s1. The lowest BCUT2D eigenvalue weighted by Crippen LogP contribution is -2.46. The quantitative estimate of drug-likeness (QED) is 0.0289. The molecule has 0 bridgehead atoms. The van der Waals surface area contributed by atoms with E-state index in [1.54, 1.807) is 13.3 Å². The van der Waals surface area contributed by atoms with E-state index in [-0.39, 0.29) is 59.3 Å². The zero-order chi connectivity index (χ0) is 48.5. The minimum absolute atomic E-state index is 0. The van der Waals surface area contributed by atoms with Gasteiger partial charge in [0.05, 0.1) is 30.8 Å². The summed E-state index contributed by atoms with van der Waals surface area (Å²) in [5.74, 6) is 3.55. The SMILES string of the molecule is C.C=C[C@@H](CCCCCl)[C@H](CC(=O)CBr)O[Si](C)(C)C(C)(C)C.C=C[C@@H](CCCCCl)[C@H](CC(=O)CP(C)(C)=O)O[Si](C)(C)C(C)(C)C.CP(Oc1ccccc1)Oc1ccccc1. The normalized spacial score (nSPS) is 14.0. The van der Waals surface area contributed by atoms with Crippen molar-refractivity contribution >= 4 is 82.9 Å². The Morgan fingerprint density at radius 1 is 0.703 bits per heavy atom. The van der Waals surface area contributed by atoms with Crippen LogP contribution in [0.4, 0.5) is 0 Å². The monoisotopic (exact) mass is 1070 g/mol. The van der Waals surface area contributed by atoms with Gasteiger partial charge in [0, 0.05) is 43.1 Å². The Labute approximate surface area is 413 Å². The average molecular weight is 1070 g/mol. The molecule has 0 aliphatic carbocycles. The van der Waals surface area contributed by atoms with Crippen molar-refractivity contribution in [2.75, 3.05) is 43.2 Å². The van der Waals surface area contributed by atoms with Crippen LogP contribution in [0.3, 0.4) is 0 Å². The van der Waals surface area contributed by atoms with Gasteiger partial charge in [-0.2, -0.15) is 0 Å². The smallest absolute Gasteiger partial charge is 0.286 e. The van der Waals surface area contributed by atoms with Crippen LogP contribution in [0, 0.1) is 11.8 Å². The van der Waals surface area contributed by atoms with E-state index in [1.807, 2.05) is 79.5 Å². The molecular formula is C50H87BrCl2O7P2Si2. The largest absolute Gasteiger partial charge is 0.439 e. The minimum atomic E-state index is -2.36. The molecule has 0 aliphatic rings. The van der Waals surface area contributed by atoms with Gasteiger partial charge < -0.3 is 22.5 Å². The molecule has 0 aromatic heterocycles. The topological polar surface area (TPSA) is 88.1 Å². The first-order chi connectivity index (χ1) is 29.2. The van der Waals surface area contributed by atoms with Crippen molar-refractivity contribution in [2.45, 2.75) is 149 Å². The van der Waals surface area contributed by atoms with E-state index in [0.29, 0.717) is 29.9 Å². The van der Waals surface area contributed by atoms with E-state index < -0.39 is 32.2 Å². The Kier molecular flexibility index (Phi) is 33.2. The molecule has 0 unspecified atom stereocenters. The first-order valence-electron chi connectivity index (χ1n) is 22.2. The number of para-hydroxylation sites is 2. The number of hydrogen-bond donors (Lipinski definition) is 0. The van der Waals surface area contributed by atoms with Gasteiger partial charge in [0.25, 0.3) is 8.38 Å². The number of halogens is 3. The summed E-state index contributed by atoms with van der Waals surface area (Å²) in [6.45, 7) is 35.3. The predicted octanol–water partition coefficient (Wildman–Crippen LogP) is 16.8. The molecule has 0 radical (unpaired) electrons. The number of benzene rings is 2. The van der Waals surface area contributed by atoms with E-state index in [9.17, 15) is 14.2 Å². The highest BCUT2D eigenvalue weighted by atomic mass is 79.9. The van der Waals surface area contributed by atoms with Gasteiger partial charge in [-0.3, -0.25) is 9.59 Å². The summed E-state index contributed by atoms with van der Waals surface area (Å²) < 4.78 is 36.5. The fourth-order valence-electron chi connectivity index (χ4n) is 5.80. The lowest BCUT2D eigenvalue weighted by Gasteiger charge is -2.41. The highest BCUT2D eigenvalue weighted by Crippen LogP contribution is 2.42. The molecule has 0 N–H and O–H groups in total. The summed E-state index contributed by atoms with van der Waals surface area (Å²) in [5.41, 5.74) is 0. The zero-order valence-corrected chi connectivity index (χ0v) is 47.9. The number of carbonyl (C=O) groups excluding carboxylic acids is 2. The lowest BCUT2D eigenvalue weighted by atomic mass is 9.93. The van der Waals surface area contributed by atoms with Crippen molar-refractivity contribution < 1.29 is 32.1 Å². The molecule has 0 amide bonds. The molecule has 0 fully saturated rings. The van der Waals surface area contributed by atoms with E-state index in [0.717, 1.165) is 50.0 Å². The lowest BCUT2D eigenvalue weighted by molar-refractivity contribution is -0.119. The maximum atomic E-state index is 12.5. The number of unbranched alkanes of at least 4 members (excludes halogenated alkanes) is 2. The van der Waals surface area contributed by atoms with Crippen LogP contribution in [-0.2, 0) is 23.0 Å². The first kappa shape index (κ1) is 65.0. The fourth-order valence-corrected chi connectivity index (χ4v) is 11.0. The Hall–Kier alpha value is -1.07. The van der Waals surface area contributed by atoms with Gasteiger partial charge in [-0.1, -0.05) is 126 Å². The Balaban J connectivity index is 0. The second-order valence-corrected chi connectivity index (χ2v) is 35.1. The number of Topliss-reactive ketones (excluding diaryl/α,β-unsaturated/α-hetero) is 2. The van der Waals surface area contributed by atoms with Crippen LogP contribution in [0.1, 0.15) is 100 Å². The average Bonchev–Trinajstić information content (AvgIpc) is 3.17. The second-order valence-electron chi connectivity index (χ2n) is 19.6. The molecule has 0 spiro atoms. The number of alkyl halides is 3. The van der Waals surface area contributed by atoms with Crippen molar-refractivity contribution in [1.29, 1.82) is 0 Å². The molecule has 4 atom stereocenters. The van der Waals surface area contributed by atoms with Crippen molar-refractivity contribution in [3.8, 4) is 11.5 Å². The Morgan fingerprint density at radius 3 is 1.33 bits per heavy atom. The third-order valence-corrected chi connectivity index (χ3v) is 23.6. The Bertz CT molecular complexity index is 1590. The summed E-state index contributed by atoms with van der Waals surface area (Å²) in [6, 6.07) is 19.4. The molecule has 368 valence electrons. The van der Waals surface area contributed by atoms with Gasteiger partial charge >= 0.3 is 0 Å². The van der Waals surface area contributed by atoms with Crippen LogP contribution in [0.2, 0.25) is 36.3 Å². The maximum absolute atomic E-state index is 12.5. The van der Waals surface area contributed by atoms with Crippen molar-refractivity contribution in [3.63, 3.8) is 0 Å². The second kappa shape index (κ2) is 32.6. The molecule has 0 saturated carbocycles. The van der Waals surface area contributed by atoms with Crippen molar-refractivity contribution in [2.24, 2.45) is 11.8 Å². The summed E-state index contributed by atoms with van der Waals surface area (Å²) in [7, 11) is -7.23. The van der Waals surface area contributed by atoms with E-state index in [2.05, 4.69) is 96.8 Å². The highest BCUT2D eigenvalue weighted by molar-refractivity contribution is 9.09. The molecule has 0 saturated heterocycles. The third kappa shape index (κ3) is 28.3. The van der Waals surface area contributed by atoms with E-state index >= 15 is 0 Å². The minimum Gasteiger partial charge on any atom is -0.439 e. The molecule has 0 heterocycles. The van der Waals surface area contributed by atoms with Crippen LogP contribution >= 0.6 is 54.6 Å². The van der Waals surface area contributed by atoms with E-state index in [1.165, 1.54) is 0 Å². The molecule has 0 aliphatic heterocycles. The number of ketones is 2. The molecule has 7 nitrogen and oxygen atoms in total.